The molecule has 1 aromatic carbocycles. The van der Waals surface area contributed by atoms with E-state index < -0.39 is 18.2 Å². The van der Waals surface area contributed by atoms with Crippen LogP contribution in [0.3, 0.4) is 0 Å². The van der Waals surface area contributed by atoms with Gasteiger partial charge in [0.25, 0.3) is 5.91 Å². The number of aromatic nitrogens is 1. The van der Waals surface area contributed by atoms with E-state index in [0.29, 0.717) is 30.4 Å². The van der Waals surface area contributed by atoms with Gasteiger partial charge in [0, 0.05) is 30.1 Å². The molecule has 2 aromatic rings. The summed E-state index contributed by atoms with van der Waals surface area (Å²) < 4.78 is 40.8. The lowest BCUT2D eigenvalue weighted by atomic mass is 9.87. The highest BCUT2D eigenvalue weighted by Crippen LogP contribution is 2.28. The third-order valence-electron chi connectivity index (χ3n) is 4.57. The van der Waals surface area contributed by atoms with Gasteiger partial charge < -0.3 is 19.7 Å². The third kappa shape index (κ3) is 3.76. The molecular weight excluding hydrogens is 353 g/mol. The van der Waals surface area contributed by atoms with Gasteiger partial charge in [0.1, 0.15) is 11.4 Å². The average molecular weight is 370 g/mol. The Hall–Kier alpha value is -2.71. The number of carbonyl (C=O) groups excluding carboxylic acids is 1. The molecule has 2 heterocycles. The number of alkyl halides is 3. The Morgan fingerprint density at radius 3 is 2.65 bits per heavy atom. The van der Waals surface area contributed by atoms with Crippen LogP contribution in [0.25, 0.3) is 10.9 Å². The van der Waals surface area contributed by atoms with Gasteiger partial charge in [-0.2, -0.15) is 0 Å². The lowest BCUT2D eigenvalue weighted by molar-refractivity contribution is -0.274. The van der Waals surface area contributed by atoms with Crippen molar-refractivity contribution in [2.75, 3.05) is 13.1 Å². The number of carboxylic acid groups (broad SMARTS) is 1. The number of halogens is 3. The Kier molecular flexibility index (Phi) is 4.55. The summed E-state index contributed by atoms with van der Waals surface area (Å²) in [6.07, 6.45) is -4.42. The van der Waals surface area contributed by atoms with Crippen molar-refractivity contribution in [1.82, 2.24) is 9.88 Å². The molecule has 1 aliphatic rings. The quantitative estimate of drug-likeness (QED) is 0.869. The minimum atomic E-state index is -4.79. The van der Waals surface area contributed by atoms with Crippen LogP contribution in [-0.2, 0) is 4.79 Å². The molecule has 9 heteroatoms. The maximum atomic E-state index is 12.6. The number of amides is 1. The maximum absolute atomic E-state index is 12.6. The normalized spacial score (nSPS) is 21.0. The average Bonchev–Trinajstić information content (AvgIpc) is 2.95. The van der Waals surface area contributed by atoms with Crippen molar-refractivity contribution in [2.45, 2.75) is 19.7 Å². The molecule has 1 fully saturated rings. The molecule has 2 unspecified atom stereocenters. The van der Waals surface area contributed by atoms with Gasteiger partial charge in [-0.05, 0) is 30.5 Å². The smallest absolute Gasteiger partial charge is 0.481 e. The number of H-pyrrole nitrogens is 1. The number of ether oxygens (including phenoxy) is 1. The number of likely N-dealkylation sites (tertiary alicyclic amines) is 1. The largest absolute Gasteiger partial charge is 0.573 e. The standard InChI is InChI=1S/C17H17F3N2O4/c1-9-8-22(5-4-12(9)16(24)25)15(23)14-6-10-2-3-11(7-13(10)21-14)26-17(18,19)20/h2-3,6-7,9,12,21H,4-5,8H2,1H3,(H,24,25). The van der Waals surface area contributed by atoms with Gasteiger partial charge in [-0.15, -0.1) is 13.2 Å². The number of nitrogens with one attached hydrogen (secondary N) is 1. The first-order valence-corrected chi connectivity index (χ1v) is 8.04. The highest BCUT2D eigenvalue weighted by Gasteiger charge is 2.34. The van der Waals surface area contributed by atoms with E-state index in [4.69, 9.17) is 5.11 Å². The molecule has 0 aliphatic carbocycles. The second-order valence-corrected chi connectivity index (χ2v) is 6.44. The Labute approximate surface area is 146 Å². The second-order valence-electron chi connectivity index (χ2n) is 6.44. The van der Waals surface area contributed by atoms with Crippen LogP contribution in [-0.4, -0.2) is 46.3 Å². The molecule has 1 aliphatic heterocycles. The van der Waals surface area contributed by atoms with Crippen molar-refractivity contribution in [3.8, 4) is 5.75 Å². The van der Waals surface area contributed by atoms with Gasteiger partial charge in [0.15, 0.2) is 0 Å². The third-order valence-corrected chi connectivity index (χ3v) is 4.57. The molecule has 1 saturated heterocycles. The van der Waals surface area contributed by atoms with Gasteiger partial charge in [0.05, 0.1) is 5.92 Å². The molecule has 0 spiro atoms. The van der Waals surface area contributed by atoms with Gasteiger partial charge in [-0.1, -0.05) is 6.92 Å². The Bertz CT molecular complexity index is 846. The van der Waals surface area contributed by atoms with E-state index in [1.54, 1.807) is 17.9 Å². The number of benzene rings is 1. The van der Waals surface area contributed by atoms with Crippen molar-refractivity contribution >= 4 is 22.8 Å². The molecule has 2 N–H and O–H groups in total. The topological polar surface area (TPSA) is 82.6 Å². The van der Waals surface area contributed by atoms with Crippen molar-refractivity contribution in [3.05, 3.63) is 30.0 Å². The summed E-state index contributed by atoms with van der Waals surface area (Å²) in [5.74, 6) is -2.21. The van der Waals surface area contributed by atoms with Crippen LogP contribution in [0.2, 0.25) is 0 Å². The highest BCUT2D eigenvalue weighted by molar-refractivity contribution is 5.98. The van der Waals surface area contributed by atoms with E-state index in [2.05, 4.69) is 9.72 Å². The number of piperidine rings is 1. The molecule has 3 rings (SSSR count). The van der Waals surface area contributed by atoms with Crippen LogP contribution >= 0.6 is 0 Å². The summed E-state index contributed by atoms with van der Waals surface area (Å²) in [6.45, 7) is 2.41. The number of carbonyl (C=O) groups is 2. The first kappa shape index (κ1) is 18.1. The zero-order chi connectivity index (χ0) is 19.1. The van der Waals surface area contributed by atoms with Gasteiger partial charge in [-0.25, -0.2) is 0 Å². The van der Waals surface area contributed by atoms with Crippen LogP contribution in [0.1, 0.15) is 23.8 Å². The predicted molar refractivity (Wildman–Crippen MR) is 85.8 cm³/mol. The predicted octanol–water partition coefficient (Wildman–Crippen LogP) is 3.25. The van der Waals surface area contributed by atoms with Gasteiger partial charge in [0.2, 0.25) is 0 Å². The molecule has 0 saturated carbocycles. The van der Waals surface area contributed by atoms with Crippen molar-refractivity contribution in [3.63, 3.8) is 0 Å². The fourth-order valence-electron chi connectivity index (χ4n) is 3.29. The maximum Gasteiger partial charge on any atom is 0.573 e. The van der Waals surface area contributed by atoms with E-state index in [0.717, 1.165) is 0 Å². The number of aromatic amines is 1. The lowest BCUT2D eigenvalue weighted by Gasteiger charge is -2.34. The number of aliphatic carboxylic acids is 1. The zero-order valence-electron chi connectivity index (χ0n) is 13.8. The summed E-state index contributed by atoms with van der Waals surface area (Å²) in [5.41, 5.74) is 0.591. The van der Waals surface area contributed by atoms with Gasteiger partial charge in [-0.3, -0.25) is 9.59 Å². The molecule has 1 aromatic heterocycles. The van der Waals surface area contributed by atoms with Crippen LogP contribution in [0.5, 0.6) is 5.75 Å². The first-order chi connectivity index (χ1) is 12.1. The monoisotopic (exact) mass is 370 g/mol. The molecule has 2 atom stereocenters. The first-order valence-electron chi connectivity index (χ1n) is 8.04. The Morgan fingerprint density at radius 2 is 2.04 bits per heavy atom. The second kappa shape index (κ2) is 6.54. The molecule has 1 amide bonds. The van der Waals surface area contributed by atoms with Crippen LogP contribution in [0, 0.1) is 11.8 Å². The van der Waals surface area contributed by atoms with Crippen LogP contribution in [0.4, 0.5) is 13.2 Å². The number of carboxylic acids is 1. The van der Waals surface area contributed by atoms with Crippen molar-refractivity contribution < 1.29 is 32.6 Å². The number of hydrogen-bond donors (Lipinski definition) is 2. The molecule has 140 valence electrons. The lowest BCUT2D eigenvalue weighted by Crippen LogP contribution is -2.45. The molecular formula is C17H17F3N2O4. The number of fused-ring (bicyclic) bond motifs is 1. The Morgan fingerprint density at radius 1 is 1.31 bits per heavy atom. The molecule has 0 radical (unpaired) electrons. The van der Waals surface area contributed by atoms with E-state index in [9.17, 15) is 22.8 Å². The van der Waals surface area contributed by atoms with E-state index in [1.807, 2.05) is 0 Å². The molecule has 26 heavy (non-hydrogen) atoms. The minimum Gasteiger partial charge on any atom is -0.481 e. The van der Waals surface area contributed by atoms with Crippen LogP contribution in [0.15, 0.2) is 24.3 Å². The molecule has 0 bridgehead atoms. The highest BCUT2D eigenvalue weighted by atomic mass is 19.4. The minimum absolute atomic E-state index is 0.179. The van der Waals surface area contributed by atoms with E-state index >= 15 is 0 Å². The van der Waals surface area contributed by atoms with Gasteiger partial charge >= 0.3 is 12.3 Å². The Balaban J connectivity index is 1.78. The summed E-state index contributed by atoms with van der Waals surface area (Å²) >= 11 is 0. The van der Waals surface area contributed by atoms with E-state index in [-0.39, 0.29) is 23.3 Å². The zero-order valence-corrected chi connectivity index (χ0v) is 13.8. The summed E-state index contributed by atoms with van der Waals surface area (Å²) in [5, 5.41) is 9.73. The fourth-order valence-corrected chi connectivity index (χ4v) is 3.29. The number of hydrogen-bond acceptors (Lipinski definition) is 3. The SMILES string of the molecule is CC1CN(C(=O)c2cc3ccc(OC(F)(F)F)cc3[nH]2)CCC1C(=O)O. The summed E-state index contributed by atoms with van der Waals surface area (Å²) in [6, 6.07) is 5.35. The summed E-state index contributed by atoms with van der Waals surface area (Å²) in [7, 11) is 0. The van der Waals surface area contributed by atoms with E-state index in [1.165, 1.54) is 18.2 Å². The summed E-state index contributed by atoms with van der Waals surface area (Å²) in [4.78, 5) is 28.2. The fraction of sp³-hybridized carbons (Fsp3) is 0.412. The van der Waals surface area contributed by atoms with Crippen molar-refractivity contribution in [2.24, 2.45) is 11.8 Å². The number of rotatable bonds is 3. The van der Waals surface area contributed by atoms with Crippen molar-refractivity contribution in [1.29, 1.82) is 0 Å². The molecule has 6 nitrogen and oxygen atoms in total. The number of nitrogens with zero attached hydrogens (tertiary/aromatic N) is 1. The van der Waals surface area contributed by atoms with Crippen LogP contribution < -0.4 is 4.74 Å².